The second-order valence-electron chi connectivity index (χ2n) is 7.94. The van der Waals surface area contributed by atoms with Crippen LogP contribution in [0.1, 0.15) is 116 Å². The van der Waals surface area contributed by atoms with Crippen molar-refractivity contribution in [2.75, 3.05) is 0 Å². The van der Waals surface area contributed by atoms with Gasteiger partial charge in [0, 0.05) is 11.1 Å². The second-order valence-corrected chi connectivity index (χ2v) is 7.94. The summed E-state index contributed by atoms with van der Waals surface area (Å²) in [6.07, 6.45) is 7.05. The van der Waals surface area contributed by atoms with E-state index in [2.05, 4.69) is 60.6 Å². The van der Waals surface area contributed by atoms with Crippen molar-refractivity contribution < 1.29 is 5.11 Å². The predicted molar refractivity (Wildman–Crippen MR) is 101 cm³/mol. The van der Waals surface area contributed by atoms with Crippen molar-refractivity contribution in [2.24, 2.45) is 0 Å². The molecule has 2 atom stereocenters. The van der Waals surface area contributed by atoms with Crippen LogP contribution in [-0.4, -0.2) is 0 Å². The van der Waals surface area contributed by atoms with E-state index in [4.69, 9.17) is 0 Å². The van der Waals surface area contributed by atoms with Gasteiger partial charge in [-0.1, -0.05) is 79.9 Å². The third-order valence-corrected chi connectivity index (χ3v) is 5.62. The van der Waals surface area contributed by atoms with Gasteiger partial charge in [-0.2, -0.15) is 0 Å². The quantitative estimate of drug-likeness (QED) is 0.415. The van der Waals surface area contributed by atoms with Crippen molar-refractivity contribution in [3.8, 4) is 5.75 Å². The van der Waals surface area contributed by atoms with Crippen LogP contribution in [-0.2, 0) is 10.5 Å². The fourth-order valence-corrected chi connectivity index (χ4v) is 3.20. The molecular weight excluding hydrogens is 280 g/mol. The second kappa shape index (κ2) is 8.76. The lowest BCUT2D eigenvalue weighted by molar-refractivity contribution is 0.337. The lowest BCUT2D eigenvalue weighted by atomic mass is 9.76. The fraction of sp³-hybridized carbons (Fsp3) is 0.727. The molecule has 2 unspecified atom stereocenters. The first-order valence-electron chi connectivity index (χ1n) is 9.63. The summed E-state index contributed by atoms with van der Waals surface area (Å²) in [5.41, 5.74) is 3.57. The van der Waals surface area contributed by atoms with E-state index in [0.717, 1.165) is 24.0 Å². The number of hydrogen-bond acceptors (Lipinski definition) is 0. The highest BCUT2D eigenvalue weighted by atomic mass is 16.3. The van der Waals surface area contributed by atoms with Gasteiger partial charge in [0.2, 0.25) is 0 Å². The van der Waals surface area contributed by atoms with Crippen molar-refractivity contribution >= 4 is 0 Å². The Morgan fingerprint density at radius 3 is 1.78 bits per heavy atom. The van der Waals surface area contributed by atoms with Gasteiger partial charge in [-0.15, -0.1) is 0 Å². The van der Waals surface area contributed by atoms with Crippen LogP contribution in [0, 0.1) is 0 Å². The van der Waals surface area contributed by atoms with Crippen molar-refractivity contribution in [1.29, 1.82) is 0 Å². The highest BCUT2D eigenvalue weighted by Crippen LogP contribution is 2.41. The van der Waals surface area contributed by atoms with Crippen LogP contribution in [0.15, 0.2) is 12.1 Å². The normalized spacial score (nSPS) is 14.7. The summed E-state index contributed by atoms with van der Waals surface area (Å²) in [5, 5.41) is 12.9. The van der Waals surface area contributed by atoms with Gasteiger partial charge in [0.05, 0.1) is 0 Å². The van der Waals surface area contributed by atoms with Gasteiger partial charge < -0.3 is 0 Å². The molecule has 0 saturated carbocycles. The molecule has 0 aromatic heterocycles. The molecule has 0 heterocycles. The van der Waals surface area contributed by atoms with E-state index in [1.54, 1.807) is 0 Å². The highest BCUT2D eigenvalue weighted by Gasteiger charge is 2.26. The number of rotatable bonds is 9. The summed E-state index contributed by atoms with van der Waals surface area (Å²) >= 11 is 0. The van der Waals surface area contributed by atoms with Gasteiger partial charge in [-0.05, 0) is 42.1 Å². The van der Waals surface area contributed by atoms with Gasteiger partial charge in [0.1, 0.15) is 0 Å². The molecule has 1 radical (unpaired) electrons. The molecule has 0 spiro atoms. The zero-order valence-electron chi connectivity index (χ0n) is 16.5. The maximum atomic E-state index is 12.9. The van der Waals surface area contributed by atoms with E-state index in [9.17, 15) is 5.11 Å². The molecule has 1 aromatic carbocycles. The molecule has 23 heavy (non-hydrogen) atoms. The first-order chi connectivity index (χ1) is 10.8. The lowest BCUT2D eigenvalue weighted by Gasteiger charge is -2.28. The summed E-state index contributed by atoms with van der Waals surface area (Å²) in [6, 6.07) is 4.43. The van der Waals surface area contributed by atoms with Crippen LogP contribution in [0.3, 0.4) is 0 Å². The van der Waals surface area contributed by atoms with E-state index in [-0.39, 0.29) is 5.41 Å². The molecule has 131 valence electrons. The zero-order chi connectivity index (χ0) is 17.6. The van der Waals surface area contributed by atoms with Crippen molar-refractivity contribution in [2.45, 2.75) is 104 Å². The SMILES string of the molecule is CCCCCC(C)(C)c1cc(C(C)CC)c([O])c(C(C)CC)c1. The molecule has 0 fully saturated rings. The third kappa shape index (κ3) is 4.99. The molecule has 1 heteroatoms. The Hall–Kier alpha value is -0.980. The molecular formula is C22H37O. The Morgan fingerprint density at radius 1 is 0.913 bits per heavy atom. The Labute approximate surface area is 144 Å². The summed E-state index contributed by atoms with van der Waals surface area (Å²) in [6.45, 7) is 15.6. The molecule has 1 rings (SSSR count). The summed E-state index contributed by atoms with van der Waals surface area (Å²) in [4.78, 5) is 0. The smallest absolute Gasteiger partial charge is 0.185 e. The molecule has 0 amide bonds. The van der Waals surface area contributed by atoms with Crippen LogP contribution in [0.25, 0.3) is 0 Å². The zero-order valence-corrected chi connectivity index (χ0v) is 16.5. The van der Waals surface area contributed by atoms with Crippen LogP contribution in [0.4, 0.5) is 0 Å². The van der Waals surface area contributed by atoms with Crippen LogP contribution >= 0.6 is 0 Å². The van der Waals surface area contributed by atoms with Crippen molar-refractivity contribution in [1.82, 2.24) is 0 Å². The highest BCUT2D eigenvalue weighted by molar-refractivity contribution is 5.48. The van der Waals surface area contributed by atoms with Gasteiger partial charge in [-0.3, -0.25) is 5.11 Å². The lowest BCUT2D eigenvalue weighted by Crippen LogP contribution is -2.18. The van der Waals surface area contributed by atoms with E-state index >= 15 is 0 Å². The molecule has 1 nitrogen and oxygen atoms in total. The van der Waals surface area contributed by atoms with Crippen molar-refractivity contribution in [3.05, 3.63) is 28.8 Å². The molecule has 1 aromatic rings. The Balaban J connectivity index is 3.31. The predicted octanol–water partition coefficient (Wildman–Crippen LogP) is 7.72. The maximum absolute atomic E-state index is 12.9. The van der Waals surface area contributed by atoms with Crippen LogP contribution < -0.4 is 0 Å². The Bertz CT molecular complexity index is 456. The van der Waals surface area contributed by atoms with E-state index < -0.39 is 0 Å². The van der Waals surface area contributed by atoms with E-state index in [0.29, 0.717) is 17.6 Å². The van der Waals surface area contributed by atoms with Gasteiger partial charge in [-0.25, -0.2) is 0 Å². The van der Waals surface area contributed by atoms with Gasteiger partial charge in [0.15, 0.2) is 5.75 Å². The maximum Gasteiger partial charge on any atom is 0.185 e. The fourth-order valence-electron chi connectivity index (χ4n) is 3.20. The Morgan fingerprint density at radius 2 is 1.39 bits per heavy atom. The average Bonchev–Trinajstić information content (AvgIpc) is 2.53. The monoisotopic (exact) mass is 317 g/mol. The molecule has 0 aliphatic rings. The minimum Gasteiger partial charge on any atom is -0.289 e. The van der Waals surface area contributed by atoms with Crippen LogP contribution in [0.5, 0.6) is 5.75 Å². The minimum absolute atomic E-state index is 0.146. The molecule has 0 N–H and O–H groups in total. The van der Waals surface area contributed by atoms with Gasteiger partial charge >= 0.3 is 0 Å². The molecule has 0 aliphatic heterocycles. The molecule has 0 saturated heterocycles. The van der Waals surface area contributed by atoms with E-state index in [1.807, 2.05) is 0 Å². The number of unbranched alkanes of at least 4 members (excludes halogenated alkanes) is 2. The first kappa shape index (κ1) is 20.1. The average molecular weight is 318 g/mol. The number of benzene rings is 1. The summed E-state index contributed by atoms with van der Waals surface area (Å²) < 4.78 is 0. The third-order valence-electron chi connectivity index (χ3n) is 5.62. The summed E-state index contributed by atoms with van der Waals surface area (Å²) in [7, 11) is 0. The molecule has 0 aliphatic carbocycles. The number of hydrogen-bond donors (Lipinski definition) is 0. The van der Waals surface area contributed by atoms with Crippen molar-refractivity contribution in [3.63, 3.8) is 0 Å². The topological polar surface area (TPSA) is 19.9 Å². The minimum atomic E-state index is 0.146. The van der Waals surface area contributed by atoms with Gasteiger partial charge in [0.25, 0.3) is 0 Å². The summed E-state index contributed by atoms with van der Waals surface area (Å²) in [5.74, 6) is 0.982. The largest absolute Gasteiger partial charge is 0.289 e. The molecule has 0 bridgehead atoms. The van der Waals surface area contributed by atoms with E-state index in [1.165, 1.54) is 31.2 Å². The Kier molecular flexibility index (Phi) is 7.64. The standard InChI is InChI=1S/C22H37O/c1-8-11-12-13-22(6,7)18-14-19(16(4)9-2)21(23)20(15-18)17(5)10-3/h14-17H,8-13H2,1-7H3. The van der Waals surface area contributed by atoms with Crippen LogP contribution in [0.2, 0.25) is 0 Å². The first-order valence-corrected chi connectivity index (χ1v) is 9.63.